The number of rotatable bonds is 6. The molecule has 4 nitrogen and oxygen atoms in total. The van der Waals surface area contributed by atoms with Gasteiger partial charge in [0, 0.05) is 25.3 Å². The molecule has 0 aliphatic heterocycles. The molecule has 0 amide bonds. The molecule has 0 aliphatic rings. The molecule has 2 aromatic carbocycles. The van der Waals surface area contributed by atoms with Gasteiger partial charge in [-0.25, -0.2) is 0 Å². The lowest BCUT2D eigenvalue weighted by molar-refractivity contribution is -0.176. The van der Waals surface area contributed by atoms with E-state index in [-0.39, 0.29) is 5.78 Å². The van der Waals surface area contributed by atoms with Gasteiger partial charge >= 0.3 is 0 Å². The van der Waals surface area contributed by atoms with E-state index in [9.17, 15) is 4.79 Å². The highest BCUT2D eigenvalue weighted by Gasteiger charge is 2.41. The predicted octanol–water partition coefficient (Wildman–Crippen LogP) is 3.02. The van der Waals surface area contributed by atoms with Crippen LogP contribution in [0.2, 0.25) is 0 Å². The Balaban J connectivity index is 2.44. The summed E-state index contributed by atoms with van der Waals surface area (Å²) < 4.78 is 16.0. The van der Waals surface area contributed by atoms with Crippen molar-refractivity contribution in [3.8, 4) is 5.75 Å². The minimum atomic E-state index is -1.45. The Bertz CT molecular complexity index is 586. The third-order valence-electron chi connectivity index (χ3n) is 3.38. The summed E-state index contributed by atoms with van der Waals surface area (Å²) in [7, 11) is 4.49. The Hall–Kier alpha value is -2.17. The number of Topliss-reactive ketones (excluding diaryl/α,β-unsaturated/α-hetero) is 1. The molecule has 21 heavy (non-hydrogen) atoms. The first-order valence-corrected chi connectivity index (χ1v) is 6.52. The van der Waals surface area contributed by atoms with Gasteiger partial charge in [0.25, 0.3) is 5.79 Å². The normalized spacial score (nSPS) is 11.2. The van der Waals surface area contributed by atoms with Gasteiger partial charge < -0.3 is 14.2 Å². The van der Waals surface area contributed by atoms with Crippen LogP contribution in [-0.4, -0.2) is 27.1 Å². The van der Waals surface area contributed by atoms with E-state index in [4.69, 9.17) is 14.2 Å². The third kappa shape index (κ3) is 2.82. The van der Waals surface area contributed by atoms with Crippen molar-refractivity contribution in [2.45, 2.75) is 5.79 Å². The first-order chi connectivity index (χ1) is 10.2. The van der Waals surface area contributed by atoms with Gasteiger partial charge in [0.05, 0.1) is 7.11 Å². The van der Waals surface area contributed by atoms with Gasteiger partial charge in [-0.15, -0.1) is 0 Å². The Morgan fingerprint density at radius 1 is 0.857 bits per heavy atom. The van der Waals surface area contributed by atoms with E-state index in [1.807, 2.05) is 18.2 Å². The largest absolute Gasteiger partial charge is 0.497 e. The lowest BCUT2D eigenvalue weighted by Crippen LogP contribution is -2.39. The van der Waals surface area contributed by atoms with Crippen LogP contribution in [0.25, 0.3) is 0 Å². The molecule has 2 rings (SSSR count). The van der Waals surface area contributed by atoms with E-state index in [1.54, 1.807) is 43.5 Å². The summed E-state index contributed by atoms with van der Waals surface area (Å²) in [5.74, 6) is -1.02. The third-order valence-corrected chi connectivity index (χ3v) is 3.38. The first-order valence-electron chi connectivity index (χ1n) is 6.52. The molecule has 0 N–H and O–H groups in total. The maximum Gasteiger partial charge on any atom is 0.260 e. The summed E-state index contributed by atoms with van der Waals surface area (Å²) in [6.07, 6.45) is 0. The molecule has 4 heteroatoms. The zero-order chi connectivity index (χ0) is 15.3. The second-order valence-corrected chi connectivity index (χ2v) is 4.45. The van der Waals surface area contributed by atoms with Crippen molar-refractivity contribution in [3.05, 3.63) is 65.7 Å². The van der Waals surface area contributed by atoms with Gasteiger partial charge in [0.15, 0.2) is 0 Å². The van der Waals surface area contributed by atoms with E-state index in [0.29, 0.717) is 16.9 Å². The number of carbonyl (C=O) groups is 1. The summed E-state index contributed by atoms with van der Waals surface area (Å²) in [4.78, 5) is 12.8. The zero-order valence-electron chi connectivity index (χ0n) is 12.3. The molecule has 0 saturated heterocycles. The molecular weight excluding hydrogens is 268 g/mol. The zero-order valence-corrected chi connectivity index (χ0v) is 12.3. The monoisotopic (exact) mass is 286 g/mol. The number of methoxy groups -OCH3 is 3. The fourth-order valence-corrected chi connectivity index (χ4v) is 2.23. The van der Waals surface area contributed by atoms with E-state index in [0.717, 1.165) is 0 Å². The lowest BCUT2D eigenvalue weighted by atomic mass is 9.96. The number of ether oxygens (including phenoxy) is 3. The summed E-state index contributed by atoms with van der Waals surface area (Å²) in [6, 6.07) is 16.0. The average Bonchev–Trinajstić information content (AvgIpc) is 2.57. The molecule has 0 unspecified atom stereocenters. The topological polar surface area (TPSA) is 44.8 Å². The Kier molecular flexibility index (Phi) is 4.73. The van der Waals surface area contributed by atoms with Gasteiger partial charge in [-0.2, -0.15) is 0 Å². The van der Waals surface area contributed by atoms with E-state index in [2.05, 4.69) is 0 Å². The van der Waals surface area contributed by atoms with Crippen LogP contribution >= 0.6 is 0 Å². The van der Waals surface area contributed by atoms with Crippen LogP contribution in [0.5, 0.6) is 5.75 Å². The van der Waals surface area contributed by atoms with Crippen LogP contribution in [0.15, 0.2) is 54.6 Å². The van der Waals surface area contributed by atoms with Crippen molar-refractivity contribution in [3.63, 3.8) is 0 Å². The van der Waals surface area contributed by atoms with Crippen LogP contribution in [0.3, 0.4) is 0 Å². The van der Waals surface area contributed by atoms with Crippen LogP contribution in [0, 0.1) is 0 Å². The molecule has 0 saturated carbocycles. The Labute approximate surface area is 124 Å². The maximum atomic E-state index is 12.8. The predicted molar refractivity (Wildman–Crippen MR) is 79.5 cm³/mol. The van der Waals surface area contributed by atoms with Gasteiger partial charge in [-0.05, 0) is 24.3 Å². The summed E-state index contributed by atoms with van der Waals surface area (Å²) in [5, 5.41) is 0. The molecule has 0 fully saturated rings. The summed E-state index contributed by atoms with van der Waals surface area (Å²) in [6.45, 7) is 0. The molecular formula is C17H18O4. The number of hydrogen-bond donors (Lipinski definition) is 0. The molecule has 0 spiro atoms. The maximum absolute atomic E-state index is 12.8. The highest BCUT2D eigenvalue weighted by Crippen LogP contribution is 2.30. The van der Waals surface area contributed by atoms with Crippen molar-refractivity contribution >= 4 is 5.78 Å². The second kappa shape index (κ2) is 6.52. The van der Waals surface area contributed by atoms with Crippen molar-refractivity contribution in [2.75, 3.05) is 21.3 Å². The molecule has 0 atom stereocenters. The number of hydrogen-bond acceptors (Lipinski definition) is 4. The highest BCUT2D eigenvalue weighted by molar-refractivity contribution is 6.02. The van der Waals surface area contributed by atoms with Gasteiger partial charge in [0.2, 0.25) is 5.78 Å². The minimum absolute atomic E-state index is 0.263. The summed E-state index contributed by atoms with van der Waals surface area (Å²) >= 11 is 0. The number of benzene rings is 2. The Morgan fingerprint density at radius 2 is 1.43 bits per heavy atom. The highest BCUT2D eigenvalue weighted by atomic mass is 16.7. The molecule has 0 radical (unpaired) electrons. The van der Waals surface area contributed by atoms with Crippen LogP contribution in [0.4, 0.5) is 0 Å². The van der Waals surface area contributed by atoms with Gasteiger partial charge in [-0.3, -0.25) is 4.79 Å². The van der Waals surface area contributed by atoms with Crippen molar-refractivity contribution in [1.82, 2.24) is 0 Å². The van der Waals surface area contributed by atoms with Crippen molar-refractivity contribution in [1.29, 1.82) is 0 Å². The second-order valence-electron chi connectivity index (χ2n) is 4.45. The van der Waals surface area contributed by atoms with Crippen LogP contribution < -0.4 is 4.74 Å². The van der Waals surface area contributed by atoms with E-state index >= 15 is 0 Å². The quantitative estimate of drug-likeness (QED) is 0.605. The summed E-state index contributed by atoms with van der Waals surface area (Å²) in [5.41, 5.74) is 1.14. The first kappa shape index (κ1) is 15.2. The van der Waals surface area contributed by atoms with Gasteiger partial charge in [0.1, 0.15) is 5.75 Å². The Morgan fingerprint density at radius 3 is 1.90 bits per heavy atom. The standard InChI is InChI=1S/C17H18O4/c1-19-15-11-9-13(10-12-15)16(18)17(20-2,21-3)14-7-5-4-6-8-14/h4-12H,1-3H3. The molecule has 2 aromatic rings. The van der Waals surface area contributed by atoms with Crippen molar-refractivity contribution in [2.24, 2.45) is 0 Å². The minimum Gasteiger partial charge on any atom is -0.497 e. The van der Waals surface area contributed by atoms with E-state index in [1.165, 1.54) is 14.2 Å². The van der Waals surface area contributed by atoms with Crippen LogP contribution in [0.1, 0.15) is 15.9 Å². The molecule has 110 valence electrons. The van der Waals surface area contributed by atoms with Gasteiger partial charge in [-0.1, -0.05) is 30.3 Å². The molecule has 0 aliphatic carbocycles. The van der Waals surface area contributed by atoms with E-state index < -0.39 is 5.79 Å². The smallest absolute Gasteiger partial charge is 0.260 e. The van der Waals surface area contributed by atoms with Crippen molar-refractivity contribution < 1.29 is 19.0 Å². The molecule has 0 bridgehead atoms. The SMILES string of the molecule is COc1ccc(C(=O)C(OC)(OC)c2ccccc2)cc1. The molecule has 0 heterocycles. The fraction of sp³-hybridized carbons (Fsp3) is 0.235. The number of ketones is 1. The molecule has 0 aromatic heterocycles. The fourth-order valence-electron chi connectivity index (χ4n) is 2.23. The lowest BCUT2D eigenvalue weighted by Gasteiger charge is -2.29. The van der Waals surface area contributed by atoms with Crippen LogP contribution in [-0.2, 0) is 15.3 Å². The average molecular weight is 286 g/mol. The number of carbonyl (C=O) groups excluding carboxylic acids is 1.